The largest absolute Gasteiger partial charge is 0.318 e. The molecule has 0 radical (unpaired) electrons. The molecular weight excluding hydrogens is 296 g/mol. The fraction of sp³-hybridized carbons (Fsp3) is 0.500. The Morgan fingerprint density at radius 3 is 2.76 bits per heavy atom. The predicted molar refractivity (Wildman–Crippen MR) is 79.4 cm³/mol. The van der Waals surface area contributed by atoms with E-state index in [1.807, 2.05) is 11.9 Å². The van der Waals surface area contributed by atoms with Gasteiger partial charge in [0.1, 0.15) is 5.69 Å². The molecule has 116 valence electrons. The Kier molecular flexibility index (Phi) is 4.45. The summed E-state index contributed by atoms with van der Waals surface area (Å²) in [6.45, 7) is 0.507. The van der Waals surface area contributed by atoms with Gasteiger partial charge >= 0.3 is 0 Å². The standard InChI is InChI=1S/C12H18N4O4S/c1-15(10-4-5-21(19,20)8-10)7-9-2-3-12(16(17)18)11(6-9)14-13/h2-3,6,10,14H,4-5,7-8,13H2,1H3. The van der Waals surface area contributed by atoms with Gasteiger partial charge < -0.3 is 5.43 Å². The van der Waals surface area contributed by atoms with Crippen LogP contribution in [0.1, 0.15) is 12.0 Å². The van der Waals surface area contributed by atoms with Crippen LogP contribution in [-0.4, -0.2) is 42.8 Å². The molecule has 0 bridgehead atoms. The number of anilines is 1. The summed E-state index contributed by atoms with van der Waals surface area (Å²) < 4.78 is 23.0. The molecule has 1 heterocycles. The van der Waals surface area contributed by atoms with Crippen LogP contribution in [0.4, 0.5) is 11.4 Å². The first-order valence-electron chi connectivity index (χ1n) is 6.47. The maximum Gasteiger partial charge on any atom is 0.293 e. The fourth-order valence-corrected chi connectivity index (χ4v) is 4.30. The summed E-state index contributed by atoms with van der Waals surface area (Å²) in [5.41, 5.74) is 3.30. The third-order valence-corrected chi connectivity index (χ3v) is 5.43. The quantitative estimate of drug-likeness (QED) is 0.461. The number of nitrogens with two attached hydrogens (primary N) is 1. The molecule has 1 aromatic rings. The van der Waals surface area contributed by atoms with Crippen molar-refractivity contribution >= 4 is 21.2 Å². The maximum absolute atomic E-state index is 11.5. The van der Waals surface area contributed by atoms with E-state index in [9.17, 15) is 18.5 Å². The molecule has 0 aliphatic carbocycles. The van der Waals surface area contributed by atoms with Gasteiger partial charge in [0, 0.05) is 18.7 Å². The number of hydrogen-bond acceptors (Lipinski definition) is 7. The highest BCUT2D eigenvalue weighted by atomic mass is 32.2. The third-order valence-electron chi connectivity index (χ3n) is 3.68. The van der Waals surface area contributed by atoms with E-state index in [4.69, 9.17) is 5.84 Å². The number of rotatable bonds is 5. The van der Waals surface area contributed by atoms with E-state index < -0.39 is 14.8 Å². The molecular formula is C12H18N4O4S. The number of nitro benzene ring substituents is 1. The Morgan fingerprint density at radius 2 is 2.24 bits per heavy atom. The smallest absolute Gasteiger partial charge is 0.293 e. The van der Waals surface area contributed by atoms with Crippen LogP contribution in [0.3, 0.4) is 0 Å². The second-order valence-electron chi connectivity index (χ2n) is 5.22. The lowest BCUT2D eigenvalue weighted by molar-refractivity contribution is -0.384. The summed E-state index contributed by atoms with van der Waals surface area (Å²) in [5.74, 6) is 5.68. The first-order valence-corrected chi connectivity index (χ1v) is 8.29. The third kappa shape index (κ3) is 3.69. The van der Waals surface area contributed by atoms with Crippen molar-refractivity contribution in [3.63, 3.8) is 0 Å². The Bertz CT molecular complexity index is 647. The van der Waals surface area contributed by atoms with Crippen LogP contribution in [0, 0.1) is 10.1 Å². The Morgan fingerprint density at radius 1 is 1.52 bits per heavy atom. The van der Waals surface area contributed by atoms with Crippen LogP contribution in [0.2, 0.25) is 0 Å². The van der Waals surface area contributed by atoms with Gasteiger partial charge in [-0.15, -0.1) is 0 Å². The maximum atomic E-state index is 11.5. The second-order valence-corrected chi connectivity index (χ2v) is 7.45. The monoisotopic (exact) mass is 314 g/mol. The van der Waals surface area contributed by atoms with Crippen LogP contribution in [0.15, 0.2) is 18.2 Å². The fourth-order valence-electron chi connectivity index (χ4n) is 2.50. The number of benzene rings is 1. The summed E-state index contributed by atoms with van der Waals surface area (Å²) in [4.78, 5) is 12.3. The van der Waals surface area contributed by atoms with Crippen LogP contribution in [0.5, 0.6) is 0 Å². The highest BCUT2D eigenvalue weighted by Crippen LogP contribution is 2.26. The Hall–Kier alpha value is -1.71. The SMILES string of the molecule is CN(Cc1ccc([N+](=O)[O-])c(NN)c1)C1CCS(=O)(=O)C1. The second kappa shape index (κ2) is 5.96. The molecule has 0 aromatic heterocycles. The molecule has 1 aliphatic rings. The number of nitro groups is 1. The van der Waals surface area contributed by atoms with Gasteiger partial charge in [0.2, 0.25) is 0 Å². The summed E-state index contributed by atoms with van der Waals surface area (Å²) in [5, 5.41) is 10.8. The first-order chi connectivity index (χ1) is 9.82. The van der Waals surface area contributed by atoms with E-state index in [-0.39, 0.29) is 28.9 Å². The van der Waals surface area contributed by atoms with Gasteiger partial charge in [-0.25, -0.2) is 8.42 Å². The zero-order valence-electron chi connectivity index (χ0n) is 11.7. The summed E-state index contributed by atoms with van der Waals surface area (Å²) in [6, 6.07) is 4.64. The van der Waals surface area contributed by atoms with Crippen molar-refractivity contribution in [1.82, 2.24) is 4.90 Å². The number of nitrogen functional groups attached to an aromatic ring is 1. The van der Waals surface area contributed by atoms with E-state index in [0.717, 1.165) is 5.56 Å². The van der Waals surface area contributed by atoms with Crippen molar-refractivity contribution in [2.45, 2.75) is 19.0 Å². The lowest BCUT2D eigenvalue weighted by atomic mass is 10.1. The molecule has 8 nitrogen and oxygen atoms in total. The number of nitrogens with one attached hydrogen (secondary N) is 1. The minimum Gasteiger partial charge on any atom is -0.318 e. The van der Waals surface area contributed by atoms with E-state index >= 15 is 0 Å². The molecule has 0 spiro atoms. The summed E-state index contributed by atoms with van der Waals surface area (Å²) >= 11 is 0. The number of nitrogens with zero attached hydrogens (tertiary/aromatic N) is 2. The van der Waals surface area contributed by atoms with Gasteiger partial charge in [0.25, 0.3) is 5.69 Å². The van der Waals surface area contributed by atoms with E-state index in [1.54, 1.807) is 12.1 Å². The van der Waals surface area contributed by atoms with Crippen molar-refractivity contribution in [1.29, 1.82) is 0 Å². The molecule has 2 rings (SSSR count). The zero-order valence-corrected chi connectivity index (χ0v) is 12.5. The van der Waals surface area contributed by atoms with Gasteiger partial charge in [0.15, 0.2) is 9.84 Å². The van der Waals surface area contributed by atoms with Crippen LogP contribution in [-0.2, 0) is 16.4 Å². The first kappa shape index (κ1) is 15.7. The van der Waals surface area contributed by atoms with Crippen molar-refractivity contribution in [2.24, 2.45) is 5.84 Å². The molecule has 1 unspecified atom stereocenters. The Labute approximate surface area is 123 Å². The van der Waals surface area contributed by atoms with E-state index in [0.29, 0.717) is 13.0 Å². The van der Waals surface area contributed by atoms with E-state index in [2.05, 4.69) is 5.43 Å². The van der Waals surface area contributed by atoms with Crippen molar-refractivity contribution in [3.05, 3.63) is 33.9 Å². The van der Waals surface area contributed by atoms with Gasteiger partial charge in [-0.1, -0.05) is 6.07 Å². The molecule has 1 aromatic carbocycles. The molecule has 1 fully saturated rings. The van der Waals surface area contributed by atoms with Gasteiger partial charge in [0.05, 0.1) is 16.4 Å². The van der Waals surface area contributed by atoms with Gasteiger partial charge in [-0.3, -0.25) is 20.9 Å². The molecule has 0 amide bonds. The van der Waals surface area contributed by atoms with Gasteiger partial charge in [-0.05, 0) is 25.1 Å². The highest BCUT2D eigenvalue weighted by molar-refractivity contribution is 7.91. The average Bonchev–Trinajstić information content (AvgIpc) is 2.78. The summed E-state index contributed by atoms with van der Waals surface area (Å²) in [7, 11) is -1.08. The molecule has 0 saturated carbocycles. The number of hydrazine groups is 1. The van der Waals surface area contributed by atoms with Crippen molar-refractivity contribution < 1.29 is 13.3 Å². The van der Waals surface area contributed by atoms with Crippen LogP contribution >= 0.6 is 0 Å². The Balaban J connectivity index is 2.11. The lowest BCUT2D eigenvalue weighted by Gasteiger charge is -2.23. The van der Waals surface area contributed by atoms with Gasteiger partial charge in [-0.2, -0.15) is 0 Å². The molecule has 9 heteroatoms. The molecule has 3 N–H and O–H groups in total. The topological polar surface area (TPSA) is 119 Å². The molecule has 1 saturated heterocycles. The summed E-state index contributed by atoms with van der Waals surface area (Å²) in [6.07, 6.45) is 0.619. The van der Waals surface area contributed by atoms with Crippen LogP contribution in [0.25, 0.3) is 0 Å². The highest BCUT2D eigenvalue weighted by Gasteiger charge is 2.30. The number of sulfone groups is 1. The van der Waals surface area contributed by atoms with Crippen LogP contribution < -0.4 is 11.3 Å². The minimum absolute atomic E-state index is 0.0144. The van der Waals surface area contributed by atoms with E-state index in [1.165, 1.54) is 6.07 Å². The number of hydrogen-bond donors (Lipinski definition) is 2. The normalized spacial score (nSPS) is 20.6. The minimum atomic E-state index is -2.93. The zero-order chi connectivity index (χ0) is 15.6. The molecule has 1 aliphatic heterocycles. The molecule has 21 heavy (non-hydrogen) atoms. The molecule has 1 atom stereocenters. The average molecular weight is 314 g/mol. The predicted octanol–water partition coefficient (Wildman–Crippen LogP) is 0.499. The van der Waals surface area contributed by atoms with Crippen molar-refractivity contribution in [2.75, 3.05) is 24.0 Å². The van der Waals surface area contributed by atoms with Crippen molar-refractivity contribution in [3.8, 4) is 0 Å². The lowest BCUT2D eigenvalue weighted by Crippen LogP contribution is -2.32.